The Bertz CT molecular complexity index is 331. The zero-order valence-electron chi connectivity index (χ0n) is 10.5. The molecule has 17 heavy (non-hydrogen) atoms. The van der Waals surface area contributed by atoms with Gasteiger partial charge in [-0.1, -0.05) is 15.9 Å². The van der Waals surface area contributed by atoms with Gasteiger partial charge >= 0.3 is 0 Å². The van der Waals surface area contributed by atoms with Crippen molar-refractivity contribution in [2.45, 2.75) is 20.0 Å². The van der Waals surface area contributed by atoms with Gasteiger partial charge in [-0.2, -0.15) is 5.10 Å². The zero-order valence-corrected chi connectivity index (χ0v) is 12.1. The summed E-state index contributed by atoms with van der Waals surface area (Å²) in [7, 11) is 0. The number of rotatable bonds is 5. The van der Waals surface area contributed by atoms with E-state index in [0.29, 0.717) is 0 Å². The highest BCUT2D eigenvalue weighted by molar-refractivity contribution is 9.09. The second-order valence-electron chi connectivity index (χ2n) is 4.51. The first-order valence-corrected chi connectivity index (χ1v) is 7.46. The van der Waals surface area contributed by atoms with Gasteiger partial charge in [-0.05, 0) is 6.92 Å². The van der Waals surface area contributed by atoms with Crippen molar-refractivity contribution in [3.8, 4) is 0 Å². The van der Waals surface area contributed by atoms with Crippen LogP contribution in [0.3, 0.4) is 0 Å². The molecular formula is C12H21BrN4. The molecule has 0 radical (unpaired) electrons. The van der Waals surface area contributed by atoms with Gasteiger partial charge in [0.05, 0.1) is 6.20 Å². The number of aromatic nitrogens is 2. The largest absolute Gasteiger partial charge is 0.300 e. The van der Waals surface area contributed by atoms with Crippen LogP contribution in [0.25, 0.3) is 0 Å². The quantitative estimate of drug-likeness (QED) is 0.769. The highest BCUT2D eigenvalue weighted by atomic mass is 79.9. The molecule has 1 aliphatic rings. The van der Waals surface area contributed by atoms with Crippen LogP contribution in [0.4, 0.5) is 0 Å². The fourth-order valence-electron chi connectivity index (χ4n) is 2.21. The van der Waals surface area contributed by atoms with Gasteiger partial charge in [0.15, 0.2) is 0 Å². The number of aryl methyl sites for hydroxylation is 1. The maximum atomic E-state index is 4.32. The zero-order chi connectivity index (χ0) is 12.1. The lowest BCUT2D eigenvalue weighted by Crippen LogP contribution is -2.46. The molecule has 0 saturated carbocycles. The second kappa shape index (κ2) is 6.52. The van der Waals surface area contributed by atoms with E-state index >= 15 is 0 Å². The Morgan fingerprint density at radius 3 is 2.53 bits per heavy atom. The average Bonchev–Trinajstić information content (AvgIpc) is 2.80. The lowest BCUT2D eigenvalue weighted by Gasteiger charge is -2.34. The van der Waals surface area contributed by atoms with Crippen molar-refractivity contribution in [1.82, 2.24) is 19.6 Å². The Kier molecular flexibility index (Phi) is 5.00. The summed E-state index contributed by atoms with van der Waals surface area (Å²) >= 11 is 3.50. The SMILES string of the molecule is CCn1cc(CN2CCN(CCBr)CC2)cn1. The molecule has 1 saturated heterocycles. The molecule has 0 unspecified atom stereocenters. The van der Waals surface area contributed by atoms with Gasteiger partial charge in [0, 0.05) is 62.9 Å². The monoisotopic (exact) mass is 300 g/mol. The minimum Gasteiger partial charge on any atom is -0.300 e. The van der Waals surface area contributed by atoms with Crippen molar-refractivity contribution in [2.24, 2.45) is 0 Å². The van der Waals surface area contributed by atoms with Crippen LogP contribution >= 0.6 is 15.9 Å². The topological polar surface area (TPSA) is 24.3 Å². The van der Waals surface area contributed by atoms with Crippen LogP contribution in [0.2, 0.25) is 0 Å². The summed E-state index contributed by atoms with van der Waals surface area (Å²) in [4.78, 5) is 5.03. The number of hydrogen-bond acceptors (Lipinski definition) is 3. The minimum absolute atomic E-state index is 0.957. The van der Waals surface area contributed by atoms with Gasteiger partial charge in [0.1, 0.15) is 0 Å². The predicted molar refractivity (Wildman–Crippen MR) is 73.4 cm³/mol. The summed E-state index contributed by atoms with van der Waals surface area (Å²) in [5.41, 5.74) is 1.33. The van der Waals surface area contributed by atoms with Gasteiger partial charge in [0.25, 0.3) is 0 Å². The van der Waals surface area contributed by atoms with E-state index in [1.54, 1.807) is 0 Å². The third-order valence-electron chi connectivity index (χ3n) is 3.28. The molecule has 0 N–H and O–H groups in total. The summed E-state index contributed by atoms with van der Waals surface area (Å²) in [5.74, 6) is 0. The molecule has 0 atom stereocenters. The highest BCUT2D eigenvalue weighted by Crippen LogP contribution is 2.08. The summed E-state index contributed by atoms with van der Waals surface area (Å²) < 4.78 is 2.00. The van der Waals surface area contributed by atoms with Gasteiger partial charge < -0.3 is 0 Å². The molecule has 96 valence electrons. The minimum atomic E-state index is 0.957. The molecule has 0 amide bonds. The molecule has 2 rings (SSSR count). The molecule has 0 spiro atoms. The van der Waals surface area contributed by atoms with Crippen LogP contribution in [-0.4, -0.2) is 57.6 Å². The Hall–Kier alpha value is -0.390. The average molecular weight is 301 g/mol. The van der Waals surface area contributed by atoms with Gasteiger partial charge in [-0.15, -0.1) is 0 Å². The predicted octanol–water partition coefficient (Wildman–Crippen LogP) is 1.42. The second-order valence-corrected chi connectivity index (χ2v) is 5.30. The van der Waals surface area contributed by atoms with E-state index in [2.05, 4.69) is 43.9 Å². The third-order valence-corrected chi connectivity index (χ3v) is 3.64. The van der Waals surface area contributed by atoms with Crippen LogP contribution in [0.5, 0.6) is 0 Å². The van der Waals surface area contributed by atoms with Gasteiger partial charge in [0.2, 0.25) is 0 Å². The van der Waals surface area contributed by atoms with E-state index < -0.39 is 0 Å². The molecule has 1 aromatic heterocycles. The Balaban J connectivity index is 1.77. The highest BCUT2D eigenvalue weighted by Gasteiger charge is 2.16. The molecule has 0 aliphatic carbocycles. The number of halogens is 1. The maximum absolute atomic E-state index is 4.32. The lowest BCUT2D eigenvalue weighted by molar-refractivity contribution is 0.133. The number of hydrogen-bond donors (Lipinski definition) is 0. The molecule has 2 heterocycles. The van der Waals surface area contributed by atoms with E-state index in [-0.39, 0.29) is 0 Å². The third kappa shape index (κ3) is 3.79. The smallest absolute Gasteiger partial charge is 0.0534 e. The first kappa shape index (κ1) is 13.1. The van der Waals surface area contributed by atoms with Crippen LogP contribution in [0, 0.1) is 0 Å². The fraction of sp³-hybridized carbons (Fsp3) is 0.750. The summed E-state index contributed by atoms with van der Waals surface area (Å²) in [6, 6.07) is 0. The molecule has 0 bridgehead atoms. The van der Waals surface area contributed by atoms with Crippen molar-refractivity contribution in [2.75, 3.05) is 38.1 Å². The van der Waals surface area contributed by atoms with Crippen LogP contribution in [0.15, 0.2) is 12.4 Å². The fourth-order valence-corrected chi connectivity index (χ4v) is 2.71. The van der Waals surface area contributed by atoms with E-state index in [4.69, 9.17) is 0 Å². The molecule has 5 heteroatoms. The summed E-state index contributed by atoms with van der Waals surface area (Å²) in [6.45, 7) is 10.0. The van der Waals surface area contributed by atoms with E-state index in [0.717, 1.165) is 18.4 Å². The Morgan fingerprint density at radius 1 is 1.24 bits per heavy atom. The standard InChI is InChI=1S/C12H21BrN4/c1-2-17-11-12(9-14-17)10-16-7-5-15(4-3-13)6-8-16/h9,11H,2-8,10H2,1H3. The van der Waals surface area contributed by atoms with Crippen molar-refractivity contribution in [1.29, 1.82) is 0 Å². The molecule has 0 aromatic carbocycles. The Morgan fingerprint density at radius 2 is 1.94 bits per heavy atom. The normalized spacial score (nSPS) is 18.7. The van der Waals surface area contributed by atoms with Gasteiger partial charge in [-0.25, -0.2) is 0 Å². The number of alkyl halides is 1. The lowest BCUT2D eigenvalue weighted by atomic mass is 10.2. The van der Waals surface area contributed by atoms with Crippen molar-refractivity contribution < 1.29 is 0 Å². The Labute approximate surface area is 112 Å². The van der Waals surface area contributed by atoms with E-state index in [9.17, 15) is 0 Å². The number of piperazine rings is 1. The number of nitrogens with zero attached hydrogens (tertiary/aromatic N) is 4. The maximum Gasteiger partial charge on any atom is 0.0534 e. The first-order chi connectivity index (χ1) is 8.31. The van der Waals surface area contributed by atoms with Gasteiger partial charge in [-0.3, -0.25) is 14.5 Å². The van der Waals surface area contributed by atoms with Crippen molar-refractivity contribution >= 4 is 15.9 Å². The summed E-state index contributed by atoms with van der Waals surface area (Å²) in [6.07, 6.45) is 4.15. The van der Waals surface area contributed by atoms with E-state index in [1.807, 2.05) is 10.9 Å². The first-order valence-electron chi connectivity index (χ1n) is 6.34. The molecule has 1 aliphatic heterocycles. The van der Waals surface area contributed by atoms with Crippen LogP contribution in [0.1, 0.15) is 12.5 Å². The van der Waals surface area contributed by atoms with Crippen molar-refractivity contribution in [3.05, 3.63) is 18.0 Å². The summed E-state index contributed by atoms with van der Waals surface area (Å²) in [5, 5.41) is 5.40. The molecule has 4 nitrogen and oxygen atoms in total. The molecular weight excluding hydrogens is 280 g/mol. The molecule has 1 fully saturated rings. The molecule has 1 aromatic rings. The van der Waals surface area contributed by atoms with E-state index in [1.165, 1.54) is 38.3 Å². The van der Waals surface area contributed by atoms with Crippen molar-refractivity contribution in [3.63, 3.8) is 0 Å². The van der Waals surface area contributed by atoms with Crippen LogP contribution < -0.4 is 0 Å². The van der Waals surface area contributed by atoms with Crippen LogP contribution in [-0.2, 0) is 13.1 Å².